The van der Waals surface area contributed by atoms with E-state index in [9.17, 15) is 13.2 Å². The Balaban J connectivity index is 1.40. The molecule has 1 aliphatic rings. The monoisotopic (exact) mass is 410 g/mol. The standard InChI is InChI=1S/C20H25F3N4S/c1-24-19(25-11-8-15-4-6-16(7-5-15)20(21,22)23)26-17-9-12-27(13-10-17)18-3-2-14-28-18/h2-7,14,17H,8-13H2,1H3,(H2,24,25,26). The van der Waals surface area contributed by atoms with E-state index >= 15 is 0 Å². The molecule has 2 N–H and O–H groups in total. The Morgan fingerprint density at radius 1 is 1.18 bits per heavy atom. The van der Waals surface area contributed by atoms with Crippen LogP contribution in [0.4, 0.5) is 18.2 Å². The largest absolute Gasteiger partial charge is 0.416 e. The van der Waals surface area contributed by atoms with Gasteiger partial charge in [-0.25, -0.2) is 0 Å². The Morgan fingerprint density at radius 2 is 1.89 bits per heavy atom. The number of nitrogens with zero attached hydrogens (tertiary/aromatic N) is 2. The number of alkyl halides is 3. The van der Waals surface area contributed by atoms with Crippen molar-refractivity contribution in [3.05, 3.63) is 52.9 Å². The van der Waals surface area contributed by atoms with Gasteiger partial charge in [-0.15, -0.1) is 11.3 Å². The van der Waals surface area contributed by atoms with Gasteiger partial charge in [0.2, 0.25) is 0 Å². The zero-order chi connectivity index (χ0) is 20.0. The third-order valence-electron chi connectivity index (χ3n) is 4.86. The normalized spacial score (nSPS) is 16.3. The lowest BCUT2D eigenvalue weighted by molar-refractivity contribution is -0.137. The van der Waals surface area contributed by atoms with Crippen molar-refractivity contribution in [1.29, 1.82) is 0 Å². The van der Waals surface area contributed by atoms with Gasteiger partial charge in [-0.05, 0) is 54.5 Å². The number of benzene rings is 1. The van der Waals surface area contributed by atoms with Crippen molar-refractivity contribution in [2.45, 2.75) is 31.5 Å². The van der Waals surface area contributed by atoms with Crippen LogP contribution in [0.25, 0.3) is 0 Å². The second kappa shape index (κ2) is 9.32. The minimum absolute atomic E-state index is 0.369. The molecule has 3 rings (SSSR count). The molecular formula is C20H25F3N4S. The molecule has 0 radical (unpaired) electrons. The smallest absolute Gasteiger partial charge is 0.363 e. The molecule has 1 aliphatic heterocycles. The number of nitrogens with one attached hydrogen (secondary N) is 2. The topological polar surface area (TPSA) is 39.7 Å². The van der Waals surface area contributed by atoms with Crippen molar-refractivity contribution in [1.82, 2.24) is 10.6 Å². The maximum Gasteiger partial charge on any atom is 0.416 e. The minimum atomic E-state index is -4.29. The summed E-state index contributed by atoms with van der Waals surface area (Å²) < 4.78 is 37.8. The fourth-order valence-corrected chi connectivity index (χ4v) is 4.05. The quantitative estimate of drug-likeness (QED) is 0.575. The number of hydrogen-bond acceptors (Lipinski definition) is 3. The third-order valence-corrected chi connectivity index (χ3v) is 5.79. The highest BCUT2D eigenvalue weighted by atomic mass is 32.1. The van der Waals surface area contributed by atoms with E-state index in [1.807, 2.05) is 0 Å². The molecule has 2 heterocycles. The van der Waals surface area contributed by atoms with Crippen LogP contribution < -0.4 is 15.5 Å². The first-order chi connectivity index (χ1) is 13.5. The number of piperidine rings is 1. The van der Waals surface area contributed by atoms with Gasteiger partial charge in [0.05, 0.1) is 10.6 Å². The van der Waals surface area contributed by atoms with Crippen LogP contribution in [0.5, 0.6) is 0 Å². The van der Waals surface area contributed by atoms with E-state index in [2.05, 4.69) is 38.0 Å². The first-order valence-electron chi connectivity index (χ1n) is 9.37. The number of halogens is 3. The zero-order valence-corrected chi connectivity index (χ0v) is 16.6. The molecule has 0 amide bonds. The highest BCUT2D eigenvalue weighted by Crippen LogP contribution is 2.29. The van der Waals surface area contributed by atoms with Crippen molar-refractivity contribution in [3.8, 4) is 0 Å². The second-order valence-corrected chi connectivity index (χ2v) is 7.73. The lowest BCUT2D eigenvalue weighted by Crippen LogP contribution is -2.49. The van der Waals surface area contributed by atoms with E-state index in [0.717, 1.165) is 49.6 Å². The van der Waals surface area contributed by atoms with E-state index in [4.69, 9.17) is 0 Å². The summed E-state index contributed by atoms with van der Waals surface area (Å²) in [4.78, 5) is 6.67. The molecule has 8 heteroatoms. The molecule has 0 spiro atoms. The minimum Gasteiger partial charge on any atom is -0.363 e. The first-order valence-corrected chi connectivity index (χ1v) is 10.3. The molecule has 1 aromatic carbocycles. The molecule has 1 fully saturated rings. The van der Waals surface area contributed by atoms with Gasteiger partial charge < -0.3 is 15.5 Å². The highest BCUT2D eigenvalue weighted by molar-refractivity contribution is 7.14. The van der Waals surface area contributed by atoms with E-state index in [-0.39, 0.29) is 0 Å². The number of hydrogen-bond donors (Lipinski definition) is 2. The summed E-state index contributed by atoms with van der Waals surface area (Å²) in [5, 5.41) is 10.1. The van der Waals surface area contributed by atoms with Crippen LogP contribution in [-0.2, 0) is 12.6 Å². The van der Waals surface area contributed by atoms with Crippen molar-refractivity contribution in [3.63, 3.8) is 0 Å². The van der Waals surface area contributed by atoms with Gasteiger partial charge in [0.25, 0.3) is 0 Å². The predicted molar refractivity (Wildman–Crippen MR) is 109 cm³/mol. The van der Waals surface area contributed by atoms with E-state index < -0.39 is 11.7 Å². The molecule has 0 aliphatic carbocycles. The average molecular weight is 411 g/mol. The molecule has 1 aromatic heterocycles. The number of anilines is 1. The summed E-state index contributed by atoms with van der Waals surface area (Å²) in [6.07, 6.45) is -1.58. The summed E-state index contributed by atoms with van der Waals surface area (Å²) in [6, 6.07) is 9.91. The van der Waals surface area contributed by atoms with Crippen LogP contribution in [-0.4, -0.2) is 38.7 Å². The number of aliphatic imine (C=N–C) groups is 1. The maximum absolute atomic E-state index is 12.6. The van der Waals surface area contributed by atoms with Crippen molar-refractivity contribution < 1.29 is 13.2 Å². The molecule has 152 valence electrons. The molecule has 28 heavy (non-hydrogen) atoms. The molecule has 0 atom stereocenters. The van der Waals surface area contributed by atoms with Crippen LogP contribution in [0.1, 0.15) is 24.0 Å². The predicted octanol–water partition coefficient (Wildman–Crippen LogP) is 4.14. The van der Waals surface area contributed by atoms with Gasteiger partial charge >= 0.3 is 6.18 Å². The number of thiophene rings is 1. The Morgan fingerprint density at radius 3 is 2.46 bits per heavy atom. The molecular weight excluding hydrogens is 385 g/mol. The van der Waals surface area contributed by atoms with Gasteiger partial charge in [-0.1, -0.05) is 12.1 Å². The number of guanidine groups is 1. The van der Waals surface area contributed by atoms with Gasteiger partial charge in [0.1, 0.15) is 0 Å². The fourth-order valence-electron chi connectivity index (χ4n) is 3.27. The third kappa shape index (κ3) is 5.64. The Labute approximate surface area is 167 Å². The van der Waals surface area contributed by atoms with Gasteiger partial charge in [0.15, 0.2) is 5.96 Å². The summed E-state index contributed by atoms with van der Waals surface area (Å²) in [5.74, 6) is 0.737. The first kappa shape index (κ1) is 20.5. The Bertz CT molecular complexity index is 749. The lowest BCUT2D eigenvalue weighted by Gasteiger charge is -2.33. The van der Waals surface area contributed by atoms with Crippen LogP contribution in [0.15, 0.2) is 46.8 Å². The fraction of sp³-hybridized carbons (Fsp3) is 0.450. The van der Waals surface area contributed by atoms with Crippen molar-refractivity contribution in [2.75, 3.05) is 31.6 Å². The maximum atomic E-state index is 12.6. The summed E-state index contributed by atoms with van der Waals surface area (Å²) in [6.45, 7) is 2.64. The molecule has 4 nitrogen and oxygen atoms in total. The second-order valence-electron chi connectivity index (χ2n) is 6.80. The van der Waals surface area contributed by atoms with Gasteiger partial charge in [-0.2, -0.15) is 13.2 Å². The van der Waals surface area contributed by atoms with E-state index in [0.29, 0.717) is 19.0 Å². The Kier molecular flexibility index (Phi) is 6.83. The molecule has 0 bridgehead atoms. The summed E-state index contributed by atoms with van der Waals surface area (Å²) >= 11 is 1.77. The number of rotatable bonds is 5. The zero-order valence-electron chi connectivity index (χ0n) is 15.8. The average Bonchev–Trinajstić information content (AvgIpc) is 3.22. The van der Waals surface area contributed by atoms with Gasteiger partial charge in [-0.3, -0.25) is 4.99 Å². The molecule has 0 saturated carbocycles. The SMILES string of the molecule is CN=C(NCCc1ccc(C(F)(F)F)cc1)NC1CCN(c2cccs2)CC1. The Hall–Kier alpha value is -2.22. The van der Waals surface area contributed by atoms with Crippen molar-refractivity contribution in [2.24, 2.45) is 4.99 Å². The van der Waals surface area contributed by atoms with Crippen LogP contribution >= 0.6 is 11.3 Å². The van der Waals surface area contributed by atoms with Crippen LogP contribution in [0.2, 0.25) is 0 Å². The molecule has 1 saturated heterocycles. The van der Waals surface area contributed by atoms with Gasteiger partial charge in [0, 0.05) is 32.7 Å². The molecule has 2 aromatic rings. The summed E-state index contributed by atoms with van der Waals surface area (Å²) in [7, 11) is 1.73. The van der Waals surface area contributed by atoms with Crippen molar-refractivity contribution >= 4 is 22.3 Å². The highest BCUT2D eigenvalue weighted by Gasteiger charge is 2.29. The van der Waals surface area contributed by atoms with Crippen LogP contribution in [0, 0.1) is 0 Å². The van der Waals surface area contributed by atoms with E-state index in [1.54, 1.807) is 18.4 Å². The van der Waals surface area contributed by atoms with Crippen LogP contribution in [0.3, 0.4) is 0 Å². The lowest BCUT2D eigenvalue weighted by atomic mass is 10.1. The van der Waals surface area contributed by atoms with E-state index in [1.165, 1.54) is 17.1 Å². The summed E-state index contributed by atoms with van der Waals surface area (Å²) in [5.41, 5.74) is 0.246. The molecule has 0 unspecified atom stereocenters.